The Labute approximate surface area is 170 Å². The van der Waals surface area contributed by atoms with Gasteiger partial charge in [0.05, 0.1) is 12.6 Å². The van der Waals surface area contributed by atoms with E-state index in [1.807, 2.05) is 42.5 Å². The van der Waals surface area contributed by atoms with Crippen LogP contribution in [0, 0.1) is 0 Å². The average molecular weight is 418 g/mol. The summed E-state index contributed by atoms with van der Waals surface area (Å²) in [6.07, 6.45) is 1.26. The normalized spacial score (nSPS) is 17.8. The second-order valence-corrected chi connectivity index (χ2v) is 7.39. The molecule has 1 atom stereocenters. The van der Waals surface area contributed by atoms with Gasteiger partial charge in [-0.15, -0.1) is 5.10 Å². The number of amidine groups is 1. The predicted octanol–water partition coefficient (Wildman–Crippen LogP) is 3.32. The number of carbonyl (C=O) groups is 2. The zero-order chi connectivity index (χ0) is 19.9. The highest BCUT2D eigenvalue weighted by Gasteiger charge is 2.32. The van der Waals surface area contributed by atoms with Gasteiger partial charge < -0.3 is 15.2 Å². The lowest BCUT2D eigenvalue weighted by Crippen LogP contribution is -2.26. The summed E-state index contributed by atoms with van der Waals surface area (Å²) in [5, 5.41) is 19.4. The molecule has 2 aromatic rings. The van der Waals surface area contributed by atoms with Gasteiger partial charge >= 0.3 is 5.97 Å². The molecule has 2 aromatic carbocycles. The minimum absolute atomic E-state index is 0.260. The lowest BCUT2D eigenvalue weighted by Gasteiger charge is -2.08. The number of ether oxygens (including phenoxy) is 1. The number of benzene rings is 2. The maximum Gasteiger partial charge on any atom is 0.305 e. The third-order valence-corrected chi connectivity index (χ3v) is 5.14. The van der Waals surface area contributed by atoms with Gasteiger partial charge in [-0.05, 0) is 23.8 Å². The molecule has 7 nitrogen and oxygen atoms in total. The summed E-state index contributed by atoms with van der Waals surface area (Å²) in [4.78, 5) is 22.4. The van der Waals surface area contributed by atoms with Gasteiger partial charge in [-0.3, -0.25) is 9.59 Å². The van der Waals surface area contributed by atoms with Crippen LogP contribution in [0.5, 0.6) is 5.75 Å². The van der Waals surface area contributed by atoms with Crippen molar-refractivity contribution >= 4 is 46.6 Å². The Kier molecular flexibility index (Phi) is 6.67. The molecule has 144 valence electrons. The van der Waals surface area contributed by atoms with E-state index in [4.69, 9.17) is 21.4 Å². The van der Waals surface area contributed by atoms with Crippen molar-refractivity contribution in [3.63, 3.8) is 0 Å². The first kappa shape index (κ1) is 19.9. The fourth-order valence-corrected chi connectivity index (χ4v) is 3.46. The highest BCUT2D eigenvalue weighted by atomic mass is 35.5. The molecular formula is C19H16ClN3O4S. The molecule has 1 fully saturated rings. The Balaban J connectivity index is 1.59. The maximum atomic E-state index is 11.7. The molecule has 0 saturated carbocycles. The second-order valence-electron chi connectivity index (χ2n) is 5.80. The van der Waals surface area contributed by atoms with Crippen molar-refractivity contribution in [3.05, 3.63) is 64.7 Å². The number of carboxylic acid groups (broad SMARTS) is 1. The van der Waals surface area contributed by atoms with E-state index in [-0.39, 0.29) is 17.5 Å². The minimum Gasteiger partial charge on any atom is -0.489 e. The standard InChI is InChI=1S/C19H16ClN3O4S/c20-15-7-2-1-5-13(15)11-27-14-6-3-4-12(8-14)10-21-23-19-22-18(26)16(28-19)9-17(24)25/h1-8,10,16H,9,11H2,(H,24,25)(H,22,23,26). The Morgan fingerprint density at radius 1 is 1.29 bits per heavy atom. The number of thioether (sulfide) groups is 1. The molecule has 1 aliphatic rings. The highest BCUT2D eigenvalue weighted by Crippen LogP contribution is 2.22. The highest BCUT2D eigenvalue weighted by molar-refractivity contribution is 8.15. The third kappa shape index (κ3) is 5.58. The monoisotopic (exact) mass is 417 g/mol. The van der Waals surface area contributed by atoms with Gasteiger partial charge in [0.25, 0.3) is 0 Å². The molecule has 0 spiro atoms. The smallest absolute Gasteiger partial charge is 0.305 e. The molecule has 0 aromatic heterocycles. The SMILES string of the molecule is O=C(O)CC1SC(=NN=Cc2cccc(OCc3ccccc3Cl)c2)NC1=O. The fourth-order valence-electron chi connectivity index (χ4n) is 2.35. The molecule has 0 bridgehead atoms. The lowest BCUT2D eigenvalue weighted by atomic mass is 10.2. The number of amides is 1. The van der Waals surface area contributed by atoms with E-state index in [0.717, 1.165) is 22.9 Å². The van der Waals surface area contributed by atoms with Gasteiger partial charge in [-0.2, -0.15) is 5.10 Å². The van der Waals surface area contributed by atoms with Gasteiger partial charge in [-0.25, -0.2) is 0 Å². The number of halogens is 1. The summed E-state index contributed by atoms with van der Waals surface area (Å²) in [5.74, 6) is -0.760. The molecular weight excluding hydrogens is 402 g/mol. The molecule has 1 heterocycles. The minimum atomic E-state index is -1.04. The average Bonchev–Trinajstić information content (AvgIpc) is 3.00. The molecule has 1 saturated heterocycles. The van der Waals surface area contributed by atoms with Crippen LogP contribution in [0.2, 0.25) is 5.02 Å². The summed E-state index contributed by atoms with van der Waals surface area (Å²) < 4.78 is 5.76. The summed E-state index contributed by atoms with van der Waals surface area (Å²) in [6, 6.07) is 14.7. The Morgan fingerprint density at radius 2 is 2.11 bits per heavy atom. The molecule has 1 amide bonds. The quantitative estimate of drug-likeness (QED) is 0.531. The zero-order valence-electron chi connectivity index (χ0n) is 14.5. The Bertz CT molecular complexity index is 948. The summed E-state index contributed by atoms with van der Waals surface area (Å²) in [5.41, 5.74) is 1.65. The Hall–Kier alpha value is -2.84. The largest absolute Gasteiger partial charge is 0.489 e. The van der Waals surface area contributed by atoms with E-state index in [1.54, 1.807) is 6.07 Å². The number of hydrogen-bond donors (Lipinski definition) is 2. The number of carboxylic acids is 1. The van der Waals surface area contributed by atoms with Gasteiger partial charge in [0, 0.05) is 10.6 Å². The van der Waals surface area contributed by atoms with Crippen LogP contribution < -0.4 is 10.1 Å². The molecule has 0 radical (unpaired) electrons. The van der Waals surface area contributed by atoms with Crippen LogP contribution in [0.25, 0.3) is 0 Å². The van der Waals surface area contributed by atoms with Crippen LogP contribution >= 0.6 is 23.4 Å². The van der Waals surface area contributed by atoms with E-state index in [9.17, 15) is 9.59 Å². The van der Waals surface area contributed by atoms with E-state index in [2.05, 4.69) is 15.5 Å². The summed E-state index contributed by atoms with van der Waals surface area (Å²) in [7, 11) is 0. The summed E-state index contributed by atoms with van der Waals surface area (Å²) in [6.45, 7) is 0.343. The van der Waals surface area contributed by atoms with Crippen molar-refractivity contribution in [1.29, 1.82) is 0 Å². The molecule has 2 N–H and O–H groups in total. The van der Waals surface area contributed by atoms with Crippen molar-refractivity contribution in [2.24, 2.45) is 10.2 Å². The second kappa shape index (κ2) is 9.38. The number of nitrogens with one attached hydrogen (secondary N) is 1. The van der Waals surface area contributed by atoms with Crippen molar-refractivity contribution in [2.75, 3.05) is 0 Å². The first-order valence-electron chi connectivity index (χ1n) is 8.28. The first-order valence-corrected chi connectivity index (χ1v) is 9.53. The van der Waals surface area contributed by atoms with Crippen molar-refractivity contribution in [3.8, 4) is 5.75 Å². The zero-order valence-corrected chi connectivity index (χ0v) is 16.1. The number of hydrogen-bond acceptors (Lipinski definition) is 6. The molecule has 28 heavy (non-hydrogen) atoms. The van der Waals surface area contributed by atoms with Crippen molar-refractivity contribution in [2.45, 2.75) is 18.3 Å². The van der Waals surface area contributed by atoms with Gasteiger partial charge in [0.2, 0.25) is 5.91 Å². The molecule has 0 aliphatic carbocycles. The van der Waals surface area contributed by atoms with Crippen LogP contribution in [-0.4, -0.2) is 33.6 Å². The van der Waals surface area contributed by atoms with Gasteiger partial charge in [0.1, 0.15) is 17.6 Å². The number of aliphatic carboxylic acids is 1. The third-order valence-electron chi connectivity index (χ3n) is 3.70. The van der Waals surface area contributed by atoms with Gasteiger partial charge in [0.15, 0.2) is 5.17 Å². The molecule has 9 heteroatoms. The van der Waals surface area contributed by atoms with E-state index in [1.165, 1.54) is 6.21 Å². The number of nitrogens with zero attached hydrogens (tertiary/aromatic N) is 2. The number of rotatable bonds is 7. The van der Waals surface area contributed by atoms with Crippen LogP contribution in [0.15, 0.2) is 58.7 Å². The molecule has 1 unspecified atom stereocenters. The van der Waals surface area contributed by atoms with Crippen LogP contribution in [0.3, 0.4) is 0 Å². The maximum absolute atomic E-state index is 11.7. The lowest BCUT2D eigenvalue weighted by molar-refractivity contribution is -0.138. The number of carbonyl (C=O) groups excluding carboxylic acids is 1. The van der Waals surface area contributed by atoms with Crippen molar-refractivity contribution < 1.29 is 19.4 Å². The van der Waals surface area contributed by atoms with Crippen LogP contribution in [0.4, 0.5) is 0 Å². The predicted molar refractivity (Wildman–Crippen MR) is 109 cm³/mol. The van der Waals surface area contributed by atoms with Crippen LogP contribution in [0.1, 0.15) is 17.5 Å². The van der Waals surface area contributed by atoms with E-state index in [0.29, 0.717) is 17.4 Å². The Morgan fingerprint density at radius 3 is 2.89 bits per heavy atom. The van der Waals surface area contributed by atoms with Gasteiger partial charge in [-0.1, -0.05) is 53.7 Å². The van der Waals surface area contributed by atoms with Crippen LogP contribution in [-0.2, 0) is 16.2 Å². The molecule has 1 aliphatic heterocycles. The van der Waals surface area contributed by atoms with Crippen molar-refractivity contribution in [1.82, 2.24) is 5.32 Å². The first-order chi connectivity index (χ1) is 13.5. The fraction of sp³-hybridized carbons (Fsp3) is 0.158. The molecule has 3 rings (SSSR count). The van der Waals surface area contributed by atoms with E-state index < -0.39 is 11.2 Å². The topological polar surface area (TPSA) is 100 Å². The summed E-state index contributed by atoms with van der Waals surface area (Å²) >= 11 is 7.17. The van der Waals surface area contributed by atoms with E-state index >= 15 is 0 Å².